The van der Waals surface area contributed by atoms with E-state index in [9.17, 15) is 23.1 Å². The lowest BCUT2D eigenvalue weighted by atomic mass is 10.0. The molecule has 0 aliphatic rings. The summed E-state index contributed by atoms with van der Waals surface area (Å²) < 4.78 is 39.4. The van der Waals surface area contributed by atoms with Gasteiger partial charge in [-0.25, -0.2) is 18.7 Å². The Morgan fingerprint density at radius 1 is 1.08 bits per heavy atom. The van der Waals surface area contributed by atoms with Crippen molar-refractivity contribution in [2.24, 2.45) is 0 Å². The Morgan fingerprint density at radius 2 is 1.75 bits per heavy atom. The molecule has 2 N–H and O–H groups in total. The highest BCUT2D eigenvalue weighted by molar-refractivity contribution is 5.75. The largest absolute Gasteiger partial charge is 0.392 e. The molecule has 7 heteroatoms. The van der Waals surface area contributed by atoms with Gasteiger partial charge < -0.3 is 5.11 Å². The average Bonchev–Trinajstić information content (AvgIpc) is 2.53. The van der Waals surface area contributed by atoms with Crippen molar-refractivity contribution >= 4 is 5.91 Å². The molecule has 0 saturated heterocycles. The van der Waals surface area contributed by atoms with E-state index in [4.69, 9.17) is 4.84 Å². The van der Waals surface area contributed by atoms with Crippen molar-refractivity contribution in [1.29, 1.82) is 0 Å². The highest BCUT2D eigenvalue weighted by atomic mass is 19.2. The van der Waals surface area contributed by atoms with E-state index in [1.165, 1.54) is 0 Å². The van der Waals surface area contributed by atoms with Gasteiger partial charge in [-0.2, -0.15) is 0 Å². The number of nitrogens with one attached hydrogen (secondary N) is 1. The summed E-state index contributed by atoms with van der Waals surface area (Å²) in [7, 11) is 0. The summed E-state index contributed by atoms with van der Waals surface area (Å²) in [6.45, 7) is 0.153. The van der Waals surface area contributed by atoms with Gasteiger partial charge in [0.05, 0.1) is 19.1 Å². The molecule has 1 unspecified atom stereocenters. The van der Waals surface area contributed by atoms with Gasteiger partial charge in [0.15, 0.2) is 11.6 Å². The maximum Gasteiger partial charge on any atom is 0.246 e. The van der Waals surface area contributed by atoms with Crippen molar-refractivity contribution < 1.29 is 27.9 Å². The van der Waals surface area contributed by atoms with Crippen LogP contribution in [0.15, 0.2) is 42.5 Å². The molecule has 0 heterocycles. The third-order valence-electron chi connectivity index (χ3n) is 3.23. The minimum atomic E-state index is -1.31. The SMILES string of the molecule is O=C(CC(O)Cc1cc(F)c(F)cc1F)NOCc1ccccc1. The first-order valence-electron chi connectivity index (χ1n) is 7.21. The van der Waals surface area contributed by atoms with Crippen LogP contribution in [0.4, 0.5) is 13.2 Å². The quantitative estimate of drug-likeness (QED) is 0.602. The summed E-state index contributed by atoms with van der Waals surface area (Å²) in [5.41, 5.74) is 2.80. The number of hydrogen-bond acceptors (Lipinski definition) is 3. The van der Waals surface area contributed by atoms with E-state index < -0.39 is 29.5 Å². The molecule has 2 rings (SSSR count). The molecule has 0 aliphatic heterocycles. The maximum absolute atomic E-state index is 13.5. The first kappa shape index (κ1) is 18.0. The van der Waals surface area contributed by atoms with Crippen molar-refractivity contribution in [3.8, 4) is 0 Å². The fourth-order valence-corrected chi connectivity index (χ4v) is 2.08. The molecule has 0 fully saturated rings. The van der Waals surface area contributed by atoms with Gasteiger partial charge in [0.25, 0.3) is 0 Å². The molecule has 128 valence electrons. The molecule has 0 aliphatic carbocycles. The van der Waals surface area contributed by atoms with Crippen LogP contribution in [-0.2, 0) is 22.7 Å². The molecular weight excluding hydrogens is 323 g/mol. The molecule has 1 atom stereocenters. The summed E-state index contributed by atoms with van der Waals surface area (Å²) in [5, 5.41) is 9.77. The van der Waals surface area contributed by atoms with Crippen LogP contribution in [0.1, 0.15) is 17.5 Å². The van der Waals surface area contributed by atoms with Crippen molar-refractivity contribution in [3.05, 3.63) is 71.0 Å². The highest BCUT2D eigenvalue weighted by Crippen LogP contribution is 2.16. The molecule has 4 nitrogen and oxygen atoms in total. The molecule has 24 heavy (non-hydrogen) atoms. The van der Waals surface area contributed by atoms with Crippen LogP contribution in [0.25, 0.3) is 0 Å². The van der Waals surface area contributed by atoms with E-state index in [1.54, 1.807) is 0 Å². The first-order chi connectivity index (χ1) is 11.5. The monoisotopic (exact) mass is 339 g/mol. The second kappa shape index (κ2) is 8.47. The van der Waals surface area contributed by atoms with Crippen molar-refractivity contribution in [3.63, 3.8) is 0 Å². The van der Waals surface area contributed by atoms with Crippen molar-refractivity contribution in [1.82, 2.24) is 5.48 Å². The molecular formula is C17H16F3NO3. The number of aliphatic hydroxyl groups excluding tert-OH is 1. The molecule has 0 spiro atoms. The number of carbonyl (C=O) groups is 1. The lowest BCUT2D eigenvalue weighted by Gasteiger charge is -2.12. The van der Waals surface area contributed by atoms with Crippen LogP contribution < -0.4 is 5.48 Å². The van der Waals surface area contributed by atoms with Gasteiger partial charge in [0.2, 0.25) is 5.91 Å². The molecule has 2 aromatic rings. The molecule has 0 bridgehead atoms. The van der Waals surface area contributed by atoms with Crippen LogP contribution in [0.3, 0.4) is 0 Å². The van der Waals surface area contributed by atoms with E-state index in [0.29, 0.717) is 12.1 Å². The third kappa shape index (κ3) is 5.36. The first-order valence-corrected chi connectivity index (χ1v) is 7.21. The third-order valence-corrected chi connectivity index (χ3v) is 3.23. The summed E-state index contributed by atoms with van der Waals surface area (Å²) in [4.78, 5) is 16.6. The number of hydrogen-bond donors (Lipinski definition) is 2. The van der Waals surface area contributed by atoms with Gasteiger partial charge in [0.1, 0.15) is 5.82 Å². The fourth-order valence-electron chi connectivity index (χ4n) is 2.08. The number of rotatable bonds is 7. The summed E-state index contributed by atoms with van der Waals surface area (Å²) >= 11 is 0. The van der Waals surface area contributed by atoms with E-state index in [1.807, 2.05) is 30.3 Å². The second-order valence-electron chi connectivity index (χ2n) is 5.22. The zero-order valence-electron chi connectivity index (χ0n) is 12.6. The van der Waals surface area contributed by atoms with Crippen LogP contribution in [-0.4, -0.2) is 17.1 Å². The van der Waals surface area contributed by atoms with Gasteiger partial charge >= 0.3 is 0 Å². The van der Waals surface area contributed by atoms with Crippen LogP contribution in [0.5, 0.6) is 0 Å². The molecule has 2 aromatic carbocycles. The van der Waals surface area contributed by atoms with Gasteiger partial charge in [-0.3, -0.25) is 9.63 Å². The van der Waals surface area contributed by atoms with Gasteiger partial charge in [-0.1, -0.05) is 30.3 Å². The zero-order chi connectivity index (χ0) is 17.5. The Bertz CT molecular complexity index is 695. The predicted octanol–water partition coefficient (Wildman–Crippen LogP) is 2.65. The zero-order valence-corrected chi connectivity index (χ0v) is 12.6. The van der Waals surface area contributed by atoms with Crippen LogP contribution in [0, 0.1) is 17.5 Å². The smallest absolute Gasteiger partial charge is 0.246 e. The number of benzene rings is 2. The number of halogens is 3. The second-order valence-corrected chi connectivity index (χ2v) is 5.22. The summed E-state index contributed by atoms with van der Waals surface area (Å²) in [5.74, 6) is -4.11. The number of aliphatic hydroxyl groups is 1. The minimum Gasteiger partial charge on any atom is -0.392 e. The van der Waals surface area contributed by atoms with E-state index in [-0.39, 0.29) is 25.0 Å². The Hall–Kier alpha value is -2.38. The number of hydroxylamine groups is 1. The number of carbonyl (C=O) groups excluding carboxylic acids is 1. The Kier molecular flexibility index (Phi) is 6.34. The van der Waals surface area contributed by atoms with E-state index in [0.717, 1.165) is 5.56 Å². The summed E-state index contributed by atoms with van der Waals surface area (Å²) in [6, 6.07) is 10.2. The molecule has 0 saturated carbocycles. The van der Waals surface area contributed by atoms with Gasteiger partial charge in [-0.15, -0.1) is 0 Å². The van der Waals surface area contributed by atoms with Crippen molar-refractivity contribution in [2.45, 2.75) is 25.6 Å². The molecule has 1 amide bonds. The standard InChI is InChI=1S/C17H16F3NO3/c18-14-9-16(20)15(19)7-12(14)6-13(22)8-17(23)21-24-10-11-4-2-1-3-5-11/h1-5,7,9,13,22H,6,8,10H2,(H,21,23). The highest BCUT2D eigenvalue weighted by Gasteiger charge is 2.16. The van der Waals surface area contributed by atoms with Crippen LogP contribution in [0.2, 0.25) is 0 Å². The normalized spacial score (nSPS) is 12.0. The van der Waals surface area contributed by atoms with Gasteiger partial charge in [0, 0.05) is 12.5 Å². The number of amides is 1. The molecule has 0 radical (unpaired) electrons. The Labute approximate surface area is 136 Å². The van der Waals surface area contributed by atoms with E-state index >= 15 is 0 Å². The average molecular weight is 339 g/mol. The van der Waals surface area contributed by atoms with Crippen molar-refractivity contribution in [2.75, 3.05) is 0 Å². The molecule has 0 aromatic heterocycles. The van der Waals surface area contributed by atoms with E-state index in [2.05, 4.69) is 5.48 Å². The lowest BCUT2D eigenvalue weighted by Crippen LogP contribution is -2.28. The van der Waals surface area contributed by atoms with Crippen LogP contribution >= 0.6 is 0 Å². The maximum atomic E-state index is 13.5. The van der Waals surface area contributed by atoms with Gasteiger partial charge in [-0.05, 0) is 17.2 Å². The topological polar surface area (TPSA) is 58.6 Å². The Morgan fingerprint density at radius 3 is 2.46 bits per heavy atom. The minimum absolute atomic E-state index is 0.153. The fraction of sp³-hybridized carbons (Fsp3) is 0.235. The predicted molar refractivity (Wildman–Crippen MR) is 80.0 cm³/mol. The summed E-state index contributed by atoms with van der Waals surface area (Å²) in [6.07, 6.45) is -1.95. The Balaban J connectivity index is 1.78. The lowest BCUT2D eigenvalue weighted by molar-refractivity contribution is -0.136.